The Bertz CT molecular complexity index is 360. The molecule has 0 atom stereocenters. The van der Waals surface area contributed by atoms with Crippen LogP contribution in [0, 0.1) is 11.3 Å². The van der Waals surface area contributed by atoms with Crippen LogP contribution in [-0.2, 0) is 0 Å². The van der Waals surface area contributed by atoms with E-state index in [4.69, 9.17) is 5.26 Å². The van der Waals surface area contributed by atoms with Gasteiger partial charge >= 0.3 is 0 Å². The lowest BCUT2D eigenvalue weighted by Gasteiger charge is -1.76. The molecule has 0 radical (unpaired) electrons. The van der Waals surface area contributed by atoms with Gasteiger partial charge in [0.25, 0.3) is 0 Å². The molecule has 48 valence electrons. The van der Waals surface area contributed by atoms with Gasteiger partial charge in [0, 0.05) is 18.5 Å². The van der Waals surface area contributed by atoms with E-state index in [2.05, 4.69) is 10.1 Å². The van der Waals surface area contributed by atoms with Gasteiger partial charge in [0.05, 0.1) is 0 Å². The summed E-state index contributed by atoms with van der Waals surface area (Å²) in [6.07, 6.45) is 3.43. The fraction of sp³-hybridized carbons (Fsp3) is 0. The zero-order chi connectivity index (χ0) is 6.97. The summed E-state index contributed by atoms with van der Waals surface area (Å²) >= 11 is 0. The first-order valence-corrected chi connectivity index (χ1v) is 2.82. The summed E-state index contributed by atoms with van der Waals surface area (Å²) in [4.78, 5) is 3.97. The number of nitrogens with one attached hydrogen (secondary N) is 1. The normalized spacial score (nSPS) is 9.90. The number of hydrogen-bond acceptors (Lipinski definition) is 2. The molecule has 0 saturated heterocycles. The summed E-state index contributed by atoms with van der Waals surface area (Å²) in [6.45, 7) is 0. The summed E-state index contributed by atoms with van der Waals surface area (Å²) in [6, 6.07) is 3.68. The number of fused-ring (bicyclic) bond motifs is 1. The van der Waals surface area contributed by atoms with Crippen molar-refractivity contribution in [2.24, 2.45) is 0 Å². The molecule has 1 N–H and O–H groups in total. The average Bonchev–Trinajstić information content (AvgIpc) is 2.42. The molecule has 2 aromatic rings. The summed E-state index contributed by atoms with van der Waals surface area (Å²) < 4.78 is 1.69. The Labute approximate surface area is 56.7 Å². The number of aromatic nitrogens is 3. The molecular weight excluding hydrogens is 128 g/mol. The quantitative estimate of drug-likeness (QED) is 0.568. The third-order valence-electron chi connectivity index (χ3n) is 1.30. The molecule has 4 heteroatoms. The molecule has 10 heavy (non-hydrogen) atoms. The number of hydrogen-bond donors (Lipinski definition) is 1. The standard InChI is InChI=1S/C6H4N4/c7-4-5-3-6-8-1-2-10(6)9-5/h1-3,9H. The number of nitriles is 1. The minimum Gasteiger partial charge on any atom is -0.283 e. The lowest BCUT2D eigenvalue weighted by atomic mass is 10.5. The van der Waals surface area contributed by atoms with Crippen LogP contribution in [0.3, 0.4) is 0 Å². The van der Waals surface area contributed by atoms with Crippen LogP contribution >= 0.6 is 0 Å². The van der Waals surface area contributed by atoms with Gasteiger partial charge in [-0.2, -0.15) is 5.26 Å². The van der Waals surface area contributed by atoms with Crippen molar-refractivity contribution in [1.82, 2.24) is 14.6 Å². The van der Waals surface area contributed by atoms with Gasteiger partial charge in [0.1, 0.15) is 11.8 Å². The topological polar surface area (TPSA) is 56.9 Å². The molecule has 0 aromatic carbocycles. The lowest BCUT2D eigenvalue weighted by Crippen LogP contribution is -1.79. The predicted octanol–water partition coefficient (Wildman–Crippen LogP) is 0.534. The van der Waals surface area contributed by atoms with Crippen molar-refractivity contribution in [3.8, 4) is 6.07 Å². The molecule has 0 aliphatic carbocycles. The predicted molar refractivity (Wildman–Crippen MR) is 34.3 cm³/mol. The van der Waals surface area contributed by atoms with E-state index in [9.17, 15) is 0 Å². The van der Waals surface area contributed by atoms with Crippen LogP contribution in [0.15, 0.2) is 18.5 Å². The molecule has 2 rings (SSSR count). The maximum atomic E-state index is 8.43. The van der Waals surface area contributed by atoms with Crippen molar-refractivity contribution in [3.05, 3.63) is 24.2 Å². The van der Waals surface area contributed by atoms with Crippen LogP contribution in [0.1, 0.15) is 5.69 Å². The van der Waals surface area contributed by atoms with Crippen molar-refractivity contribution in [2.45, 2.75) is 0 Å². The van der Waals surface area contributed by atoms with Crippen LogP contribution in [0.5, 0.6) is 0 Å². The number of aromatic amines is 1. The Balaban J connectivity index is 2.81. The van der Waals surface area contributed by atoms with Crippen LogP contribution < -0.4 is 0 Å². The molecule has 0 bridgehead atoms. The highest BCUT2D eigenvalue weighted by molar-refractivity contribution is 5.42. The Morgan fingerprint density at radius 2 is 2.60 bits per heavy atom. The molecule has 0 aliphatic heterocycles. The second-order valence-electron chi connectivity index (χ2n) is 1.94. The Morgan fingerprint density at radius 1 is 1.70 bits per heavy atom. The van der Waals surface area contributed by atoms with E-state index in [1.54, 1.807) is 23.0 Å². The smallest absolute Gasteiger partial charge is 0.154 e. The number of imidazole rings is 1. The number of rotatable bonds is 0. The monoisotopic (exact) mass is 132 g/mol. The molecule has 4 nitrogen and oxygen atoms in total. The number of nitrogens with zero attached hydrogens (tertiary/aromatic N) is 3. The van der Waals surface area contributed by atoms with Crippen molar-refractivity contribution < 1.29 is 0 Å². The highest BCUT2D eigenvalue weighted by atomic mass is 15.3. The summed E-state index contributed by atoms with van der Waals surface area (Å²) in [5.41, 5.74) is 1.31. The van der Waals surface area contributed by atoms with E-state index in [-0.39, 0.29) is 0 Å². The third-order valence-corrected chi connectivity index (χ3v) is 1.30. The molecule has 0 spiro atoms. The Kier molecular flexibility index (Phi) is 0.814. The second kappa shape index (κ2) is 1.61. The van der Waals surface area contributed by atoms with Gasteiger partial charge < -0.3 is 0 Å². The Hall–Kier alpha value is -1.76. The summed E-state index contributed by atoms with van der Waals surface area (Å²) in [5.74, 6) is 0. The van der Waals surface area contributed by atoms with Crippen LogP contribution in [0.25, 0.3) is 5.65 Å². The van der Waals surface area contributed by atoms with Crippen molar-refractivity contribution >= 4 is 5.65 Å². The molecule has 0 unspecified atom stereocenters. The lowest BCUT2D eigenvalue weighted by molar-refractivity contribution is 0.961. The maximum Gasteiger partial charge on any atom is 0.154 e. The van der Waals surface area contributed by atoms with E-state index in [0.29, 0.717) is 5.69 Å². The average molecular weight is 132 g/mol. The molecule has 0 aliphatic rings. The largest absolute Gasteiger partial charge is 0.283 e. The molecule has 0 saturated carbocycles. The molecule has 2 heterocycles. The highest BCUT2D eigenvalue weighted by Crippen LogP contribution is 2.00. The van der Waals surface area contributed by atoms with Gasteiger partial charge in [0.15, 0.2) is 5.65 Å². The summed E-state index contributed by atoms with van der Waals surface area (Å²) in [7, 11) is 0. The molecular formula is C6H4N4. The van der Waals surface area contributed by atoms with E-state index >= 15 is 0 Å². The van der Waals surface area contributed by atoms with E-state index in [1.165, 1.54) is 0 Å². The second-order valence-corrected chi connectivity index (χ2v) is 1.94. The third kappa shape index (κ3) is 0.515. The zero-order valence-electron chi connectivity index (χ0n) is 5.07. The van der Waals surface area contributed by atoms with Gasteiger partial charge in [0.2, 0.25) is 0 Å². The van der Waals surface area contributed by atoms with Crippen molar-refractivity contribution in [3.63, 3.8) is 0 Å². The van der Waals surface area contributed by atoms with Crippen molar-refractivity contribution in [2.75, 3.05) is 0 Å². The number of H-pyrrole nitrogens is 1. The van der Waals surface area contributed by atoms with Gasteiger partial charge in [-0.25, -0.2) is 9.50 Å². The molecule has 0 fully saturated rings. The first kappa shape index (κ1) is 5.06. The van der Waals surface area contributed by atoms with Gasteiger partial charge in [-0.15, -0.1) is 0 Å². The SMILES string of the molecule is N#Cc1cc2nccn2[nH]1. The first-order valence-electron chi connectivity index (χ1n) is 2.82. The fourth-order valence-electron chi connectivity index (χ4n) is 0.865. The molecule has 0 amide bonds. The summed E-state index contributed by atoms with van der Waals surface area (Å²) in [5, 5.41) is 11.3. The van der Waals surface area contributed by atoms with E-state index in [0.717, 1.165) is 5.65 Å². The van der Waals surface area contributed by atoms with E-state index < -0.39 is 0 Å². The van der Waals surface area contributed by atoms with Crippen LogP contribution in [0.4, 0.5) is 0 Å². The van der Waals surface area contributed by atoms with Gasteiger partial charge in [-0.3, -0.25) is 5.10 Å². The molecule has 2 aromatic heterocycles. The maximum absolute atomic E-state index is 8.43. The Morgan fingerprint density at radius 3 is 3.30 bits per heavy atom. The zero-order valence-corrected chi connectivity index (χ0v) is 5.07. The van der Waals surface area contributed by atoms with Crippen LogP contribution in [0.2, 0.25) is 0 Å². The highest BCUT2D eigenvalue weighted by Gasteiger charge is 1.96. The fourth-order valence-corrected chi connectivity index (χ4v) is 0.865. The van der Waals surface area contributed by atoms with E-state index in [1.807, 2.05) is 6.07 Å². The van der Waals surface area contributed by atoms with Gasteiger partial charge in [-0.1, -0.05) is 0 Å². The van der Waals surface area contributed by atoms with Crippen LogP contribution in [-0.4, -0.2) is 14.6 Å². The van der Waals surface area contributed by atoms with Gasteiger partial charge in [-0.05, 0) is 0 Å². The minimum absolute atomic E-state index is 0.531. The minimum atomic E-state index is 0.531. The van der Waals surface area contributed by atoms with Crippen molar-refractivity contribution in [1.29, 1.82) is 5.26 Å². The first-order chi connectivity index (χ1) is 4.90.